The van der Waals surface area contributed by atoms with Crippen LogP contribution in [0.2, 0.25) is 0 Å². The number of aliphatic hydroxyl groups is 1. The van der Waals surface area contributed by atoms with E-state index in [0.29, 0.717) is 23.1 Å². The number of benzene rings is 3. The molecule has 0 aliphatic carbocycles. The summed E-state index contributed by atoms with van der Waals surface area (Å²) in [5, 5.41) is 12.1. The molecule has 3 aromatic carbocycles. The van der Waals surface area contributed by atoms with Crippen LogP contribution in [0.4, 0.5) is 13.2 Å². The minimum Gasteiger partial charge on any atom is -0.512 e. The number of halogens is 3. The average molecular weight is 924 g/mol. The van der Waals surface area contributed by atoms with Gasteiger partial charge in [-0.2, -0.15) is 13.2 Å². The van der Waals surface area contributed by atoms with Crippen LogP contribution in [0.1, 0.15) is 112 Å². The Hall–Kier alpha value is -3.13. The molecule has 0 aliphatic heterocycles. The van der Waals surface area contributed by atoms with Crippen molar-refractivity contribution in [3.8, 4) is 11.3 Å². The van der Waals surface area contributed by atoms with E-state index in [9.17, 15) is 23.1 Å². The molecule has 0 amide bonds. The molecule has 0 spiro atoms. The summed E-state index contributed by atoms with van der Waals surface area (Å²) in [4.78, 5) is 20.9. The zero-order chi connectivity index (χ0) is 38.6. The van der Waals surface area contributed by atoms with Gasteiger partial charge in [-0.3, -0.25) is 9.78 Å². The molecule has 5 rings (SSSR count). The molecule has 0 fully saturated rings. The summed E-state index contributed by atoms with van der Waals surface area (Å²) in [5.41, 5.74) is 3.98. The number of nitrogens with zero attached hydrogens (tertiary/aromatic N) is 2. The number of hydrogen-bond acceptors (Lipinski definition) is 5. The van der Waals surface area contributed by atoms with E-state index in [1.807, 2.05) is 33.8 Å². The van der Waals surface area contributed by atoms with Crippen molar-refractivity contribution in [2.45, 2.75) is 114 Å². The number of carbonyl (C=O) groups excluding carboxylic acids is 1. The molecule has 2 heterocycles. The largest absolute Gasteiger partial charge is 0.512 e. The van der Waals surface area contributed by atoms with Crippen molar-refractivity contribution < 1.29 is 43.2 Å². The summed E-state index contributed by atoms with van der Waals surface area (Å²) in [7, 11) is 0. The fourth-order valence-electron chi connectivity index (χ4n) is 6.70. The van der Waals surface area contributed by atoms with Crippen molar-refractivity contribution >= 4 is 48.2 Å². The molecule has 0 unspecified atom stereocenters. The molecule has 2 aromatic heterocycles. The maximum absolute atomic E-state index is 13.5. The van der Waals surface area contributed by atoms with Gasteiger partial charge in [-0.15, -0.1) is 40.5 Å². The van der Waals surface area contributed by atoms with Crippen LogP contribution in [0.5, 0.6) is 0 Å². The number of aliphatic hydroxyl groups excluding tert-OH is 1. The average Bonchev–Trinajstić information content (AvgIpc) is 3.42. The van der Waals surface area contributed by atoms with E-state index in [1.54, 1.807) is 23.7 Å². The number of ketones is 1. The monoisotopic (exact) mass is 924 g/mol. The molecule has 1 N–H and O–H groups in total. The second kappa shape index (κ2) is 18.0. The van der Waals surface area contributed by atoms with Crippen molar-refractivity contribution in [1.82, 2.24) is 9.97 Å². The molecule has 0 atom stereocenters. The Morgan fingerprint density at radius 1 is 0.830 bits per heavy atom. The van der Waals surface area contributed by atoms with Gasteiger partial charge in [0.25, 0.3) is 0 Å². The van der Waals surface area contributed by atoms with Crippen LogP contribution in [0, 0.1) is 28.7 Å². The van der Waals surface area contributed by atoms with E-state index in [1.165, 1.54) is 17.7 Å². The second-order valence-corrected chi connectivity index (χ2v) is 17.3. The summed E-state index contributed by atoms with van der Waals surface area (Å²) < 4.78 is 42.7. The third-order valence-corrected chi connectivity index (χ3v) is 10.5. The molecule has 5 aromatic rings. The molecular formula is C44H54F3IrN2O2S-. The van der Waals surface area contributed by atoms with Crippen molar-refractivity contribution in [1.29, 1.82) is 0 Å². The first-order chi connectivity index (χ1) is 24.3. The number of thiophene rings is 1. The Bertz CT molecular complexity index is 2050. The van der Waals surface area contributed by atoms with Crippen LogP contribution < -0.4 is 0 Å². The van der Waals surface area contributed by atoms with Gasteiger partial charge in [0.1, 0.15) is 6.33 Å². The standard InChI is InChI=1S/C31H30F3N2S.C13H24O2.Ir/c1-29(2,3)15-18-7-9-24-25(11-18)37-28-26(35-17-36-27(24)28)20-12-19-14-22(31(32,33)34)8-10-23(19)21(13-20)16-30(4,5)6;1-5-10(6-2)12(14)9-13(15)11(7-3)8-4;/h7-11,13-14,17H,15-16H2,1-6H3;9-11,14H,5-8H2,1-4H3;/q-1;;/b;12-9-;. The number of hydrogen-bond donors (Lipinski definition) is 1. The number of fused-ring (bicyclic) bond motifs is 4. The molecule has 0 aliphatic rings. The normalized spacial score (nSPS) is 12.8. The van der Waals surface area contributed by atoms with Crippen LogP contribution in [-0.4, -0.2) is 20.9 Å². The summed E-state index contributed by atoms with van der Waals surface area (Å²) >= 11 is 1.63. The maximum atomic E-state index is 13.5. The van der Waals surface area contributed by atoms with E-state index in [4.69, 9.17) is 0 Å². The van der Waals surface area contributed by atoms with Crippen molar-refractivity contribution in [3.05, 3.63) is 83.4 Å². The Balaban J connectivity index is 0.000000403. The Kier molecular flexibility index (Phi) is 15.0. The maximum Gasteiger partial charge on any atom is 0.409 e. The SMILES string of the molecule is CC(C)(C)Cc1ccc2c(c1)sc1c(-c3[c-]c4cc(C(F)(F)F)ccc4c(CC(C)(C)C)c3)ncnc12.CCC(CC)C(=O)/C=C(\O)C(CC)CC.[Ir]. The van der Waals surface area contributed by atoms with E-state index in [0.717, 1.165) is 69.4 Å². The van der Waals surface area contributed by atoms with Crippen LogP contribution in [-0.2, 0) is 43.9 Å². The summed E-state index contributed by atoms with van der Waals surface area (Å²) in [6.07, 6.45) is 3.71. The van der Waals surface area contributed by atoms with Gasteiger partial charge in [-0.25, -0.2) is 4.98 Å². The van der Waals surface area contributed by atoms with Crippen LogP contribution in [0.15, 0.2) is 60.6 Å². The zero-order valence-electron chi connectivity index (χ0n) is 32.7. The third-order valence-electron chi connectivity index (χ3n) is 9.39. The predicted octanol–water partition coefficient (Wildman–Crippen LogP) is 13.5. The number of aromatic nitrogens is 2. The van der Waals surface area contributed by atoms with Gasteiger partial charge in [0.2, 0.25) is 0 Å². The van der Waals surface area contributed by atoms with Crippen molar-refractivity contribution in [3.63, 3.8) is 0 Å². The second-order valence-electron chi connectivity index (χ2n) is 16.3. The molecule has 4 nitrogen and oxygen atoms in total. The van der Waals surface area contributed by atoms with Gasteiger partial charge < -0.3 is 5.11 Å². The first kappa shape index (κ1) is 44.3. The third kappa shape index (κ3) is 11.4. The minimum absolute atomic E-state index is 0. The molecule has 0 saturated heterocycles. The summed E-state index contributed by atoms with van der Waals surface area (Å²) in [5.74, 6) is 0.547. The predicted molar refractivity (Wildman–Crippen MR) is 212 cm³/mol. The topological polar surface area (TPSA) is 63.1 Å². The number of alkyl halides is 3. The van der Waals surface area contributed by atoms with Gasteiger partial charge in [0, 0.05) is 64.1 Å². The molecule has 9 heteroatoms. The van der Waals surface area contributed by atoms with Gasteiger partial charge in [0.05, 0.1) is 11.3 Å². The Labute approximate surface area is 331 Å². The molecule has 53 heavy (non-hydrogen) atoms. The van der Waals surface area contributed by atoms with Gasteiger partial charge in [0.15, 0.2) is 5.78 Å². The minimum atomic E-state index is -4.42. The molecular weight excluding hydrogens is 870 g/mol. The quantitative estimate of drug-likeness (QED) is 0.0861. The molecule has 289 valence electrons. The van der Waals surface area contributed by atoms with E-state index < -0.39 is 11.7 Å². The first-order valence-corrected chi connectivity index (χ1v) is 19.3. The summed E-state index contributed by atoms with van der Waals surface area (Å²) in [6.45, 7) is 21.1. The van der Waals surface area contributed by atoms with Crippen molar-refractivity contribution in [2.75, 3.05) is 0 Å². The van der Waals surface area contributed by atoms with Crippen LogP contribution in [0.3, 0.4) is 0 Å². The number of rotatable bonds is 10. The Morgan fingerprint density at radius 2 is 1.43 bits per heavy atom. The van der Waals surface area contributed by atoms with Crippen molar-refractivity contribution in [2.24, 2.45) is 22.7 Å². The molecule has 0 bridgehead atoms. The number of carbonyl (C=O) groups is 1. The molecule has 1 radical (unpaired) electrons. The number of allylic oxidation sites excluding steroid dienone is 2. The van der Waals surface area contributed by atoms with Gasteiger partial charge >= 0.3 is 6.18 Å². The zero-order valence-corrected chi connectivity index (χ0v) is 35.9. The van der Waals surface area contributed by atoms with E-state index in [2.05, 4.69) is 75.8 Å². The van der Waals surface area contributed by atoms with E-state index in [-0.39, 0.29) is 54.3 Å². The van der Waals surface area contributed by atoms with E-state index >= 15 is 0 Å². The Morgan fingerprint density at radius 3 is 2.00 bits per heavy atom. The fourth-order valence-corrected chi connectivity index (χ4v) is 7.92. The smallest absolute Gasteiger partial charge is 0.409 e. The van der Waals surface area contributed by atoms with Crippen LogP contribution in [0.25, 0.3) is 42.3 Å². The van der Waals surface area contributed by atoms with Gasteiger partial charge in [-0.1, -0.05) is 104 Å². The van der Waals surface area contributed by atoms with Gasteiger partial charge in [-0.05, 0) is 61.0 Å². The first-order valence-electron chi connectivity index (χ1n) is 18.5. The molecule has 0 saturated carbocycles. The van der Waals surface area contributed by atoms with Crippen LogP contribution >= 0.6 is 11.3 Å². The summed E-state index contributed by atoms with van der Waals surface area (Å²) in [6, 6.07) is 15.8. The fraction of sp³-hybridized carbons (Fsp3) is 0.477.